The summed E-state index contributed by atoms with van der Waals surface area (Å²) in [5, 5.41) is 7.55. The highest BCUT2D eigenvalue weighted by Crippen LogP contribution is 2.39. The monoisotopic (exact) mass is 508 g/mol. The highest BCUT2D eigenvalue weighted by atomic mass is 19.1. The van der Waals surface area contributed by atoms with Crippen molar-refractivity contribution < 1.29 is 23.5 Å². The van der Waals surface area contributed by atoms with Gasteiger partial charge in [0, 0.05) is 14.1 Å². The Morgan fingerprint density at radius 1 is 1.03 bits per heavy atom. The Bertz CT molecular complexity index is 1230. The van der Waals surface area contributed by atoms with Crippen molar-refractivity contribution in [2.45, 2.75) is 38.1 Å². The van der Waals surface area contributed by atoms with Gasteiger partial charge < -0.3 is 19.7 Å². The molecule has 0 radical (unpaired) electrons. The number of nitrogens with one attached hydrogen (secondary N) is 1. The molecule has 2 aromatic carbocycles. The smallest absolute Gasteiger partial charge is 0.272 e. The van der Waals surface area contributed by atoms with Gasteiger partial charge in [-0.2, -0.15) is 5.10 Å². The van der Waals surface area contributed by atoms with E-state index in [1.165, 1.54) is 17.0 Å². The molecule has 4 rings (SSSR count). The van der Waals surface area contributed by atoms with E-state index in [2.05, 4.69) is 10.4 Å². The third-order valence-electron chi connectivity index (χ3n) is 6.81. The van der Waals surface area contributed by atoms with Gasteiger partial charge in [-0.25, -0.2) is 9.07 Å². The Labute approximate surface area is 216 Å². The fourth-order valence-electron chi connectivity index (χ4n) is 4.89. The van der Waals surface area contributed by atoms with Crippen molar-refractivity contribution in [3.8, 4) is 28.4 Å². The molecule has 1 aliphatic carbocycles. The van der Waals surface area contributed by atoms with Crippen molar-refractivity contribution in [1.29, 1.82) is 0 Å². The summed E-state index contributed by atoms with van der Waals surface area (Å²) in [6.07, 6.45) is 4.99. The summed E-state index contributed by atoms with van der Waals surface area (Å²) in [5.41, 5.74) is 1.80. The lowest BCUT2D eigenvalue weighted by Crippen LogP contribution is -2.51. The zero-order valence-corrected chi connectivity index (χ0v) is 21.7. The van der Waals surface area contributed by atoms with Crippen LogP contribution in [-0.4, -0.2) is 60.9 Å². The lowest BCUT2D eigenvalue weighted by atomic mass is 9.83. The maximum absolute atomic E-state index is 13.7. The summed E-state index contributed by atoms with van der Waals surface area (Å²) in [5.74, 6) is 0.143. The Kier molecular flexibility index (Phi) is 8.11. The van der Waals surface area contributed by atoms with Crippen LogP contribution >= 0.6 is 0 Å². The van der Waals surface area contributed by atoms with Gasteiger partial charge in [-0.15, -0.1) is 0 Å². The molecule has 1 fully saturated rings. The predicted octanol–water partition coefficient (Wildman–Crippen LogP) is 4.46. The molecule has 1 atom stereocenters. The van der Waals surface area contributed by atoms with Gasteiger partial charge in [-0.05, 0) is 61.2 Å². The topological polar surface area (TPSA) is 85.7 Å². The molecule has 0 saturated heterocycles. The molecule has 0 bridgehead atoms. The molecule has 0 aliphatic heterocycles. The zero-order chi connectivity index (χ0) is 26.5. The van der Waals surface area contributed by atoms with Crippen LogP contribution in [0.15, 0.2) is 48.5 Å². The first-order valence-electron chi connectivity index (χ1n) is 12.4. The molecule has 1 heterocycles. The van der Waals surface area contributed by atoms with Crippen LogP contribution in [-0.2, 0) is 4.79 Å². The molecule has 1 aromatic heterocycles. The number of amides is 2. The van der Waals surface area contributed by atoms with Gasteiger partial charge >= 0.3 is 0 Å². The molecule has 0 unspecified atom stereocenters. The maximum Gasteiger partial charge on any atom is 0.272 e. The highest BCUT2D eigenvalue weighted by Gasteiger charge is 2.33. The predicted molar refractivity (Wildman–Crippen MR) is 139 cm³/mol. The number of halogens is 1. The number of methoxy groups -OCH3 is 2. The number of benzene rings is 2. The number of hydrogen-bond donors (Lipinski definition) is 1. The zero-order valence-electron chi connectivity index (χ0n) is 21.7. The minimum atomic E-state index is -0.636. The van der Waals surface area contributed by atoms with Crippen molar-refractivity contribution >= 4 is 11.8 Å². The first-order valence-corrected chi connectivity index (χ1v) is 12.4. The second-order valence-electron chi connectivity index (χ2n) is 9.42. The molecule has 2 amide bonds. The van der Waals surface area contributed by atoms with Gasteiger partial charge in [0.1, 0.15) is 23.4 Å². The Hall–Kier alpha value is -3.88. The first kappa shape index (κ1) is 26.2. The molecule has 37 heavy (non-hydrogen) atoms. The fourth-order valence-corrected chi connectivity index (χ4v) is 4.89. The molecule has 1 aliphatic rings. The van der Waals surface area contributed by atoms with E-state index in [-0.39, 0.29) is 23.3 Å². The van der Waals surface area contributed by atoms with Crippen LogP contribution < -0.4 is 14.8 Å². The van der Waals surface area contributed by atoms with Gasteiger partial charge in [0.2, 0.25) is 5.91 Å². The van der Waals surface area contributed by atoms with Gasteiger partial charge in [-0.3, -0.25) is 9.59 Å². The van der Waals surface area contributed by atoms with Crippen LogP contribution in [0.1, 0.15) is 42.6 Å². The summed E-state index contributed by atoms with van der Waals surface area (Å²) in [7, 11) is 6.48. The number of rotatable bonds is 8. The Morgan fingerprint density at radius 2 is 1.65 bits per heavy atom. The minimum absolute atomic E-state index is 0.0700. The summed E-state index contributed by atoms with van der Waals surface area (Å²) in [4.78, 5) is 28.1. The van der Waals surface area contributed by atoms with Crippen molar-refractivity contribution in [3.05, 3.63) is 60.0 Å². The largest absolute Gasteiger partial charge is 0.496 e. The van der Waals surface area contributed by atoms with E-state index in [4.69, 9.17) is 9.47 Å². The number of nitrogens with zero attached hydrogens (tertiary/aromatic N) is 3. The standard InChI is InChI=1S/C28H33FN4O4/c1-32(2)28(35)26(18-9-6-5-7-10-18)30-27(34)21-17-22(25-23(36-3)11-8-12-24(25)37-4)33(31-21)20-15-13-19(29)14-16-20/h8,11-18,26H,5-7,9-10H2,1-4H3,(H,30,34)/t26-/m0/s1. The van der Waals surface area contributed by atoms with E-state index in [9.17, 15) is 14.0 Å². The Balaban J connectivity index is 1.78. The minimum Gasteiger partial charge on any atom is -0.496 e. The molecule has 9 heteroatoms. The molecular formula is C28H33FN4O4. The van der Waals surface area contributed by atoms with Crippen molar-refractivity contribution in [1.82, 2.24) is 20.0 Å². The summed E-state index contributed by atoms with van der Waals surface area (Å²) in [6.45, 7) is 0. The quantitative estimate of drug-likeness (QED) is 0.486. The van der Waals surface area contributed by atoms with Crippen LogP contribution in [0.4, 0.5) is 4.39 Å². The number of likely N-dealkylation sites (N-methyl/N-ethyl adjacent to an activating group) is 1. The van der Waals surface area contributed by atoms with E-state index in [1.54, 1.807) is 69.4 Å². The lowest BCUT2D eigenvalue weighted by molar-refractivity contribution is -0.132. The number of aromatic nitrogens is 2. The molecular weight excluding hydrogens is 475 g/mol. The molecule has 196 valence electrons. The van der Waals surface area contributed by atoms with E-state index in [0.29, 0.717) is 28.4 Å². The number of carbonyl (C=O) groups is 2. The van der Waals surface area contributed by atoms with Crippen LogP contribution in [0, 0.1) is 11.7 Å². The van der Waals surface area contributed by atoms with E-state index in [0.717, 1.165) is 32.1 Å². The van der Waals surface area contributed by atoms with Crippen molar-refractivity contribution in [2.24, 2.45) is 5.92 Å². The Morgan fingerprint density at radius 3 is 2.22 bits per heavy atom. The van der Waals surface area contributed by atoms with Crippen molar-refractivity contribution in [2.75, 3.05) is 28.3 Å². The van der Waals surface area contributed by atoms with E-state index in [1.807, 2.05) is 0 Å². The van der Waals surface area contributed by atoms with Gasteiger partial charge in [0.15, 0.2) is 5.69 Å². The normalized spacial score (nSPS) is 14.6. The van der Waals surface area contributed by atoms with Crippen LogP contribution in [0.2, 0.25) is 0 Å². The second kappa shape index (κ2) is 11.5. The fraction of sp³-hybridized carbons (Fsp3) is 0.393. The van der Waals surface area contributed by atoms with Crippen LogP contribution in [0.5, 0.6) is 11.5 Å². The molecule has 3 aromatic rings. The molecule has 0 spiro atoms. The van der Waals surface area contributed by atoms with Gasteiger partial charge in [0.25, 0.3) is 5.91 Å². The number of hydrogen-bond acceptors (Lipinski definition) is 5. The SMILES string of the molecule is COc1cccc(OC)c1-c1cc(C(=O)N[C@H](C(=O)N(C)C)C2CCCCC2)nn1-c1ccc(F)cc1. The average molecular weight is 509 g/mol. The van der Waals surface area contributed by atoms with Crippen LogP contribution in [0.25, 0.3) is 16.9 Å². The maximum atomic E-state index is 13.7. The highest BCUT2D eigenvalue weighted by molar-refractivity contribution is 5.97. The van der Waals surface area contributed by atoms with Crippen LogP contribution in [0.3, 0.4) is 0 Å². The lowest BCUT2D eigenvalue weighted by Gasteiger charge is -2.31. The van der Waals surface area contributed by atoms with E-state index < -0.39 is 11.9 Å². The molecule has 1 N–H and O–H groups in total. The van der Waals surface area contributed by atoms with Crippen molar-refractivity contribution in [3.63, 3.8) is 0 Å². The van der Waals surface area contributed by atoms with Gasteiger partial charge in [-0.1, -0.05) is 25.3 Å². The third-order valence-corrected chi connectivity index (χ3v) is 6.81. The summed E-state index contributed by atoms with van der Waals surface area (Å²) < 4.78 is 26.4. The van der Waals surface area contributed by atoms with E-state index >= 15 is 0 Å². The molecule has 1 saturated carbocycles. The van der Waals surface area contributed by atoms with Gasteiger partial charge in [0.05, 0.1) is 31.2 Å². The summed E-state index contributed by atoms with van der Waals surface area (Å²) in [6, 6.07) is 12.2. The summed E-state index contributed by atoms with van der Waals surface area (Å²) >= 11 is 0. The second-order valence-corrected chi connectivity index (χ2v) is 9.42. The molecule has 8 nitrogen and oxygen atoms in total. The number of ether oxygens (including phenoxy) is 2. The third kappa shape index (κ3) is 5.60. The first-order chi connectivity index (χ1) is 17.8. The number of carbonyl (C=O) groups excluding carboxylic acids is 2. The average Bonchev–Trinajstić information content (AvgIpc) is 3.36.